The number of fused-ring (bicyclic) bond motifs is 1. The van der Waals surface area contributed by atoms with E-state index < -0.39 is 12.0 Å². The summed E-state index contributed by atoms with van der Waals surface area (Å²) in [6.45, 7) is 2.35. The van der Waals surface area contributed by atoms with Crippen LogP contribution in [-0.2, 0) is 4.79 Å². The minimum absolute atomic E-state index is 0.405. The van der Waals surface area contributed by atoms with E-state index in [-0.39, 0.29) is 0 Å². The SMILES string of the molecule is CCN(C)C(=O)C(O)C#Cc1cccc(-c2nc3c(N)nccc3s2)c1. The summed E-state index contributed by atoms with van der Waals surface area (Å²) in [6, 6.07) is 9.36. The summed E-state index contributed by atoms with van der Waals surface area (Å²) in [6.07, 6.45) is 0.324. The van der Waals surface area contributed by atoms with Gasteiger partial charge in [-0.1, -0.05) is 24.0 Å². The van der Waals surface area contributed by atoms with E-state index in [1.54, 1.807) is 13.2 Å². The Morgan fingerprint density at radius 3 is 2.96 bits per heavy atom. The molecule has 1 amide bonds. The summed E-state index contributed by atoms with van der Waals surface area (Å²) < 4.78 is 0.965. The van der Waals surface area contributed by atoms with E-state index in [9.17, 15) is 9.90 Å². The molecular weight excluding hydrogens is 348 g/mol. The van der Waals surface area contributed by atoms with Crippen molar-refractivity contribution in [2.45, 2.75) is 13.0 Å². The average molecular weight is 366 g/mol. The van der Waals surface area contributed by atoms with E-state index in [0.29, 0.717) is 23.4 Å². The first kappa shape index (κ1) is 17.9. The molecule has 3 N–H and O–H groups in total. The fraction of sp³-hybridized carbons (Fsp3) is 0.211. The number of likely N-dealkylation sites (N-methyl/N-ethyl adjacent to an activating group) is 1. The van der Waals surface area contributed by atoms with Crippen LogP contribution in [0.5, 0.6) is 0 Å². The third-order valence-electron chi connectivity index (χ3n) is 3.88. The van der Waals surface area contributed by atoms with Gasteiger partial charge in [-0.15, -0.1) is 11.3 Å². The zero-order chi connectivity index (χ0) is 18.7. The number of rotatable bonds is 3. The molecule has 6 nitrogen and oxygen atoms in total. The van der Waals surface area contributed by atoms with Crippen molar-refractivity contribution in [2.24, 2.45) is 0 Å². The molecule has 0 aliphatic rings. The van der Waals surface area contributed by atoms with Gasteiger partial charge in [-0.3, -0.25) is 4.79 Å². The van der Waals surface area contributed by atoms with Crippen molar-refractivity contribution in [1.29, 1.82) is 0 Å². The zero-order valence-corrected chi connectivity index (χ0v) is 15.2. The number of benzene rings is 1. The van der Waals surface area contributed by atoms with Gasteiger partial charge >= 0.3 is 0 Å². The van der Waals surface area contributed by atoms with Crippen LogP contribution in [0.3, 0.4) is 0 Å². The van der Waals surface area contributed by atoms with Crippen molar-refractivity contribution < 1.29 is 9.90 Å². The molecule has 7 heteroatoms. The molecule has 0 radical (unpaired) electrons. The molecule has 2 heterocycles. The van der Waals surface area contributed by atoms with Crippen molar-refractivity contribution >= 4 is 33.3 Å². The standard InChI is InChI=1S/C19H18N4O2S/c1-3-23(2)19(25)14(24)8-7-12-5-4-6-13(11-12)18-22-16-15(26-18)9-10-21-17(16)20/h4-6,9-11,14,24H,3H2,1-2H3,(H2,20,21). The smallest absolute Gasteiger partial charge is 0.263 e. The summed E-state index contributed by atoms with van der Waals surface area (Å²) in [7, 11) is 1.63. The number of aliphatic hydroxyl groups is 1. The number of hydrogen-bond donors (Lipinski definition) is 2. The molecule has 0 spiro atoms. The van der Waals surface area contributed by atoms with E-state index in [4.69, 9.17) is 5.73 Å². The van der Waals surface area contributed by atoms with Crippen LogP contribution in [0.1, 0.15) is 12.5 Å². The monoisotopic (exact) mass is 366 g/mol. The van der Waals surface area contributed by atoms with Crippen LogP contribution in [0.4, 0.5) is 5.82 Å². The number of carbonyl (C=O) groups excluding carboxylic acids is 1. The minimum Gasteiger partial charge on any atom is -0.382 e. The molecule has 132 valence electrons. The van der Waals surface area contributed by atoms with Crippen molar-refractivity contribution in [3.63, 3.8) is 0 Å². The van der Waals surface area contributed by atoms with Gasteiger partial charge in [0, 0.05) is 30.9 Å². The fourth-order valence-electron chi connectivity index (χ4n) is 2.31. The Labute approximate surface area is 155 Å². The fourth-order valence-corrected chi connectivity index (χ4v) is 3.27. The van der Waals surface area contributed by atoms with Gasteiger partial charge in [-0.2, -0.15) is 0 Å². The van der Waals surface area contributed by atoms with E-state index >= 15 is 0 Å². The van der Waals surface area contributed by atoms with E-state index in [0.717, 1.165) is 15.3 Å². The number of nitrogens with two attached hydrogens (primary N) is 1. The predicted octanol–water partition coefficient (Wildman–Crippen LogP) is 2.13. The Kier molecular flexibility index (Phi) is 5.16. The van der Waals surface area contributed by atoms with Gasteiger partial charge in [0.2, 0.25) is 0 Å². The lowest BCUT2D eigenvalue weighted by Gasteiger charge is -2.15. The van der Waals surface area contributed by atoms with Gasteiger partial charge in [-0.25, -0.2) is 9.97 Å². The maximum absolute atomic E-state index is 11.9. The highest BCUT2D eigenvalue weighted by Gasteiger charge is 2.15. The van der Waals surface area contributed by atoms with Gasteiger partial charge in [-0.05, 0) is 25.1 Å². The molecule has 1 aromatic carbocycles. The van der Waals surface area contributed by atoms with Crippen LogP contribution in [0.2, 0.25) is 0 Å². The highest BCUT2D eigenvalue weighted by molar-refractivity contribution is 7.21. The van der Waals surface area contributed by atoms with Crippen molar-refractivity contribution in [2.75, 3.05) is 19.3 Å². The summed E-state index contributed by atoms with van der Waals surface area (Å²) in [5.74, 6) is 5.44. The van der Waals surface area contributed by atoms with E-state index in [1.807, 2.05) is 37.3 Å². The number of anilines is 1. The third kappa shape index (κ3) is 3.67. The number of aliphatic hydroxyl groups excluding tert-OH is 1. The predicted molar refractivity (Wildman–Crippen MR) is 103 cm³/mol. The molecule has 0 fully saturated rings. The molecule has 1 atom stereocenters. The molecular formula is C19H18N4O2S. The lowest BCUT2D eigenvalue weighted by molar-refractivity contribution is -0.135. The van der Waals surface area contributed by atoms with Gasteiger partial charge in [0.05, 0.1) is 4.70 Å². The number of nitrogens with zero attached hydrogens (tertiary/aromatic N) is 3. The van der Waals surface area contributed by atoms with Crippen LogP contribution < -0.4 is 5.73 Å². The zero-order valence-electron chi connectivity index (χ0n) is 14.4. The molecule has 3 rings (SSSR count). The quantitative estimate of drug-likeness (QED) is 0.693. The summed E-state index contributed by atoms with van der Waals surface area (Å²) in [5.41, 5.74) is 8.14. The maximum Gasteiger partial charge on any atom is 0.263 e. The van der Waals surface area contributed by atoms with Crippen LogP contribution >= 0.6 is 11.3 Å². The Morgan fingerprint density at radius 2 is 2.23 bits per heavy atom. The molecule has 3 aromatic rings. The highest BCUT2D eigenvalue weighted by atomic mass is 32.1. The first-order chi connectivity index (χ1) is 12.5. The van der Waals surface area contributed by atoms with E-state index in [2.05, 4.69) is 21.8 Å². The number of aromatic nitrogens is 2. The molecule has 26 heavy (non-hydrogen) atoms. The van der Waals surface area contributed by atoms with Crippen LogP contribution in [-0.4, -0.2) is 45.6 Å². The largest absolute Gasteiger partial charge is 0.382 e. The Hall–Kier alpha value is -2.95. The topological polar surface area (TPSA) is 92.3 Å². The second kappa shape index (κ2) is 7.52. The summed E-state index contributed by atoms with van der Waals surface area (Å²) in [4.78, 5) is 21.9. The van der Waals surface area contributed by atoms with Gasteiger partial charge in [0.15, 0.2) is 11.9 Å². The molecule has 0 aliphatic carbocycles. The molecule has 0 saturated carbocycles. The van der Waals surface area contributed by atoms with Crippen molar-refractivity contribution in [3.8, 4) is 22.4 Å². The summed E-state index contributed by atoms with van der Waals surface area (Å²) in [5, 5.41) is 10.7. The number of nitrogen functional groups attached to an aromatic ring is 1. The molecule has 1 unspecified atom stereocenters. The number of hydrogen-bond acceptors (Lipinski definition) is 6. The van der Waals surface area contributed by atoms with Crippen LogP contribution in [0.25, 0.3) is 20.8 Å². The lowest BCUT2D eigenvalue weighted by atomic mass is 10.1. The Balaban J connectivity index is 1.88. The van der Waals surface area contributed by atoms with Gasteiger partial charge in [0.25, 0.3) is 5.91 Å². The number of pyridine rings is 1. The van der Waals surface area contributed by atoms with Crippen LogP contribution in [0.15, 0.2) is 36.5 Å². The lowest BCUT2D eigenvalue weighted by Crippen LogP contribution is -2.35. The first-order valence-electron chi connectivity index (χ1n) is 8.05. The third-order valence-corrected chi connectivity index (χ3v) is 4.95. The highest BCUT2D eigenvalue weighted by Crippen LogP contribution is 2.32. The minimum atomic E-state index is -1.34. The Bertz CT molecular complexity index is 1020. The second-order valence-electron chi connectivity index (χ2n) is 5.67. The normalized spacial score (nSPS) is 11.7. The second-order valence-corrected chi connectivity index (χ2v) is 6.70. The van der Waals surface area contributed by atoms with E-state index in [1.165, 1.54) is 16.2 Å². The average Bonchev–Trinajstić information content (AvgIpc) is 3.11. The molecule has 2 aromatic heterocycles. The van der Waals surface area contributed by atoms with Gasteiger partial charge in [0.1, 0.15) is 10.5 Å². The van der Waals surface area contributed by atoms with Crippen molar-refractivity contribution in [1.82, 2.24) is 14.9 Å². The first-order valence-corrected chi connectivity index (χ1v) is 8.87. The molecule has 0 bridgehead atoms. The van der Waals surface area contributed by atoms with Crippen LogP contribution in [0, 0.1) is 11.8 Å². The van der Waals surface area contributed by atoms with Gasteiger partial charge < -0.3 is 15.7 Å². The number of amides is 1. The number of thiazole rings is 1. The molecule has 0 saturated heterocycles. The van der Waals surface area contributed by atoms with Crippen molar-refractivity contribution in [3.05, 3.63) is 42.1 Å². The Morgan fingerprint density at radius 1 is 1.42 bits per heavy atom. The molecule has 0 aliphatic heterocycles. The maximum atomic E-state index is 11.9. The summed E-state index contributed by atoms with van der Waals surface area (Å²) >= 11 is 1.52. The number of carbonyl (C=O) groups is 1.